The SMILES string of the molecule is Cc1cscc1CNC(=O)c1cccc(F)c1F. The lowest BCUT2D eigenvalue weighted by Gasteiger charge is -2.06. The van der Waals surface area contributed by atoms with E-state index in [2.05, 4.69) is 5.32 Å². The Labute approximate surface area is 107 Å². The van der Waals surface area contributed by atoms with E-state index in [1.807, 2.05) is 17.7 Å². The van der Waals surface area contributed by atoms with Gasteiger partial charge in [-0.2, -0.15) is 11.3 Å². The smallest absolute Gasteiger partial charge is 0.254 e. The normalized spacial score (nSPS) is 10.4. The maximum Gasteiger partial charge on any atom is 0.254 e. The van der Waals surface area contributed by atoms with Gasteiger partial charge in [-0.3, -0.25) is 4.79 Å². The first-order valence-electron chi connectivity index (χ1n) is 5.33. The topological polar surface area (TPSA) is 29.1 Å². The Bertz CT molecular complexity index is 580. The standard InChI is InChI=1S/C13H11F2NOS/c1-8-6-18-7-9(8)5-16-13(17)10-3-2-4-11(14)12(10)15/h2-4,6-7H,5H2,1H3,(H,16,17). The molecule has 1 aromatic heterocycles. The molecule has 1 aromatic carbocycles. The van der Waals surface area contributed by atoms with E-state index in [-0.39, 0.29) is 5.56 Å². The second-order valence-electron chi connectivity index (χ2n) is 3.86. The van der Waals surface area contributed by atoms with Crippen molar-refractivity contribution in [3.8, 4) is 0 Å². The molecule has 0 radical (unpaired) electrons. The van der Waals surface area contributed by atoms with E-state index in [1.165, 1.54) is 23.5 Å². The van der Waals surface area contributed by atoms with E-state index < -0.39 is 17.5 Å². The molecule has 0 unspecified atom stereocenters. The van der Waals surface area contributed by atoms with Gasteiger partial charge in [0.1, 0.15) is 0 Å². The van der Waals surface area contributed by atoms with Crippen LogP contribution in [-0.4, -0.2) is 5.91 Å². The first kappa shape index (κ1) is 12.7. The van der Waals surface area contributed by atoms with E-state index in [0.717, 1.165) is 17.2 Å². The molecule has 1 heterocycles. The summed E-state index contributed by atoms with van der Waals surface area (Å²) in [4.78, 5) is 11.7. The zero-order valence-electron chi connectivity index (χ0n) is 9.67. The summed E-state index contributed by atoms with van der Waals surface area (Å²) in [5, 5.41) is 6.45. The highest BCUT2D eigenvalue weighted by atomic mass is 32.1. The van der Waals surface area contributed by atoms with Crippen molar-refractivity contribution in [3.05, 3.63) is 57.3 Å². The molecule has 0 aliphatic heterocycles. The number of thiophene rings is 1. The Hall–Kier alpha value is -1.75. The number of carbonyl (C=O) groups is 1. The van der Waals surface area contributed by atoms with Crippen LogP contribution in [0.2, 0.25) is 0 Å². The number of benzene rings is 1. The molecule has 1 N–H and O–H groups in total. The summed E-state index contributed by atoms with van der Waals surface area (Å²) in [6.07, 6.45) is 0. The Morgan fingerprint density at radius 2 is 2.11 bits per heavy atom. The molecule has 0 saturated carbocycles. The molecule has 0 atom stereocenters. The quantitative estimate of drug-likeness (QED) is 0.908. The first-order valence-corrected chi connectivity index (χ1v) is 6.27. The Morgan fingerprint density at radius 3 is 2.78 bits per heavy atom. The van der Waals surface area contributed by atoms with Gasteiger partial charge >= 0.3 is 0 Å². The molecule has 2 rings (SSSR count). The molecule has 1 amide bonds. The third kappa shape index (κ3) is 2.56. The van der Waals surface area contributed by atoms with E-state index in [4.69, 9.17) is 0 Å². The highest BCUT2D eigenvalue weighted by Crippen LogP contribution is 2.14. The summed E-state index contributed by atoms with van der Waals surface area (Å²) >= 11 is 1.53. The molecule has 0 aliphatic carbocycles. The lowest BCUT2D eigenvalue weighted by molar-refractivity contribution is 0.0946. The second-order valence-corrected chi connectivity index (χ2v) is 4.61. The average molecular weight is 267 g/mol. The zero-order valence-corrected chi connectivity index (χ0v) is 10.5. The van der Waals surface area contributed by atoms with Crippen LogP contribution < -0.4 is 5.32 Å². The van der Waals surface area contributed by atoms with Crippen LogP contribution in [0.1, 0.15) is 21.5 Å². The van der Waals surface area contributed by atoms with E-state index in [9.17, 15) is 13.6 Å². The summed E-state index contributed by atoms with van der Waals surface area (Å²) < 4.78 is 26.3. The van der Waals surface area contributed by atoms with Gasteiger partial charge in [-0.1, -0.05) is 6.07 Å². The average Bonchev–Trinajstić information content (AvgIpc) is 2.75. The van der Waals surface area contributed by atoms with Crippen molar-refractivity contribution < 1.29 is 13.6 Å². The molecule has 5 heteroatoms. The fraction of sp³-hybridized carbons (Fsp3) is 0.154. The van der Waals surface area contributed by atoms with Crippen LogP contribution in [0.4, 0.5) is 8.78 Å². The lowest BCUT2D eigenvalue weighted by Crippen LogP contribution is -2.24. The minimum atomic E-state index is -1.11. The number of aryl methyl sites for hydroxylation is 1. The molecule has 0 bridgehead atoms. The maximum absolute atomic E-state index is 13.4. The Kier molecular flexibility index (Phi) is 3.72. The van der Waals surface area contributed by atoms with Gasteiger partial charge in [0.2, 0.25) is 0 Å². The molecule has 0 fully saturated rings. The second kappa shape index (κ2) is 5.27. The number of amides is 1. The Balaban J connectivity index is 2.09. The molecule has 2 aromatic rings. The molecule has 18 heavy (non-hydrogen) atoms. The van der Waals surface area contributed by atoms with Gasteiger partial charge in [0.05, 0.1) is 5.56 Å². The Morgan fingerprint density at radius 1 is 1.33 bits per heavy atom. The van der Waals surface area contributed by atoms with Gasteiger partial charge in [-0.15, -0.1) is 0 Å². The number of halogens is 2. The molecular formula is C13H11F2NOS. The van der Waals surface area contributed by atoms with Gasteiger partial charge in [-0.25, -0.2) is 8.78 Å². The summed E-state index contributed by atoms with van der Waals surface area (Å²) in [7, 11) is 0. The zero-order chi connectivity index (χ0) is 13.1. The third-order valence-corrected chi connectivity index (χ3v) is 3.51. The predicted molar refractivity (Wildman–Crippen MR) is 66.6 cm³/mol. The van der Waals surface area contributed by atoms with E-state index >= 15 is 0 Å². The third-order valence-electron chi connectivity index (χ3n) is 2.60. The van der Waals surface area contributed by atoms with E-state index in [1.54, 1.807) is 0 Å². The fourth-order valence-electron chi connectivity index (χ4n) is 1.52. The number of rotatable bonds is 3. The highest BCUT2D eigenvalue weighted by molar-refractivity contribution is 7.08. The van der Waals surface area contributed by atoms with Crippen LogP contribution >= 0.6 is 11.3 Å². The van der Waals surface area contributed by atoms with Crippen LogP contribution in [0.15, 0.2) is 29.0 Å². The molecular weight excluding hydrogens is 256 g/mol. The lowest BCUT2D eigenvalue weighted by atomic mass is 10.1. The van der Waals surface area contributed by atoms with Crippen molar-refractivity contribution in [2.75, 3.05) is 0 Å². The first-order chi connectivity index (χ1) is 8.59. The monoisotopic (exact) mass is 267 g/mol. The van der Waals surface area contributed by atoms with E-state index in [0.29, 0.717) is 6.54 Å². The van der Waals surface area contributed by atoms with Crippen LogP contribution in [0.25, 0.3) is 0 Å². The summed E-state index contributed by atoms with van der Waals surface area (Å²) in [6.45, 7) is 2.24. The van der Waals surface area contributed by atoms with Gasteiger partial charge < -0.3 is 5.32 Å². The van der Waals surface area contributed by atoms with Crippen LogP contribution in [-0.2, 0) is 6.54 Å². The minimum absolute atomic E-state index is 0.275. The van der Waals surface area contributed by atoms with Gasteiger partial charge in [0.25, 0.3) is 5.91 Å². The summed E-state index contributed by atoms with van der Waals surface area (Å²) in [6, 6.07) is 3.55. The largest absolute Gasteiger partial charge is 0.348 e. The molecule has 0 saturated heterocycles. The van der Waals surface area contributed by atoms with Crippen LogP contribution in [0.3, 0.4) is 0 Å². The predicted octanol–water partition coefficient (Wildman–Crippen LogP) is 3.26. The number of nitrogens with one attached hydrogen (secondary N) is 1. The number of hydrogen-bond donors (Lipinski definition) is 1. The van der Waals surface area contributed by atoms with Crippen molar-refractivity contribution in [1.82, 2.24) is 5.32 Å². The number of hydrogen-bond acceptors (Lipinski definition) is 2. The van der Waals surface area contributed by atoms with Crippen molar-refractivity contribution in [2.24, 2.45) is 0 Å². The van der Waals surface area contributed by atoms with Gasteiger partial charge in [0.15, 0.2) is 11.6 Å². The minimum Gasteiger partial charge on any atom is -0.348 e. The molecule has 0 spiro atoms. The van der Waals surface area contributed by atoms with Crippen LogP contribution in [0.5, 0.6) is 0 Å². The van der Waals surface area contributed by atoms with Crippen LogP contribution in [0, 0.1) is 18.6 Å². The molecule has 2 nitrogen and oxygen atoms in total. The fourth-order valence-corrected chi connectivity index (χ4v) is 2.37. The van der Waals surface area contributed by atoms with Crippen molar-refractivity contribution in [1.29, 1.82) is 0 Å². The van der Waals surface area contributed by atoms with Crippen molar-refractivity contribution >= 4 is 17.2 Å². The highest BCUT2D eigenvalue weighted by Gasteiger charge is 2.14. The summed E-state index contributed by atoms with van der Waals surface area (Å²) in [5.74, 6) is -2.75. The van der Waals surface area contributed by atoms with Crippen molar-refractivity contribution in [2.45, 2.75) is 13.5 Å². The summed E-state index contributed by atoms with van der Waals surface area (Å²) in [5.41, 5.74) is 1.77. The number of carbonyl (C=O) groups excluding carboxylic acids is 1. The molecule has 0 aliphatic rings. The van der Waals surface area contributed by atoms with Gasteiger partial charge in [-0.05, 0) is 40.9 Å². The van der Waals surface area contributed by atoms with Gasteiger partial charge in [0, 0.05) is 6.54 Å². The van der Waals surface area contributed by atoms with Crippen molar-refractivity contribution in [3.63, 3.8) is 0 Å². The molecule has 94 valence electrons. The maximum atomic E-state index is 13.4.